The normalized spacial score (nSPS) is 10.4. The fourth-order valence-corrected chi connectivity index (χ4v) is 1.85. The van der Waals surface area contributed by atoms with Crippen LogP contribution in [0.1, 0.15) is 10.4 Å². The van der Waals surface area contributed by atoms with Crippen molar-refractivity contribution < 1.29 is 18.7 Å². The van der Waals surface area contributed by atoms with Gasteiger partial charge in [-0.05, 0) is 29.8 Å². The summed E-state index contributed by atoms with van der Waals surface area (Å²) in [4.78, 5) is 10.8. The van der Waals surface area contributed by atoms with Crippen LogP contribution in [0, 0.1) is 11.6 Å². The fraction of sp³-hybridized carbons (Fsp3) is 0. The van der Waals surface area contributed by atoms with Gasteiger partial charge in [0.25, 0.3) is 0 Å². The number of carboxylic acids is 1. The van der Waals surface area contributed by atoms with Gasteiger partial charge in [-0.15, -0.1) is 0 Å². The van der Waals surface area contributed by atoms with E-state index in [9.17, 15) is 13.6 Å². The highest BCUT2D eigenvalue weighted by atomic mass is 35.5. The van der Waals surface area contributed by atoms with Crippen LogP contribution >= 0.6 is 11.6 Å². The summed E-state index contributed by atoms with van der Waals surface area (Å²) >= 11 is 5.68. The van der Waals surface area contributed by atoms with E-state index < -0.39 is 23.2 Å². The molecule has 0 aliphatic heterocycles. The summed E-state index contributed by atoms with van der Waals surface area (Å²) in [5.41, 5.74) is -0.273. The largest absolute Gasteiger partial charge is 0.478 e. The summed E-state index contributed by atoms with van der Waals surface area (Å²) in [5, 5.41) is 8.92. The fourth-order valence-electron chi connectivity index (χ4n) is 1.63. The first kappa shape index (κ1) is 12.5. The molecule has 0 bridgehead atoms. The van der Waals surface area contributed by atoms with Crippen molar-refractivity contribution in [3.63, 3.8) is 0 Å². The maximum absolute atomic E-state index is 13.9. The van der Waals surface area contributed by atoms with Gasteiger partial charge in [0.05, 0.1) is 5.56 Å². The van der Waals surface area contributed by atoms with Gasteiger partial charge in [0.1, 0.15) is 11.6 Å². The molecule has 0 amide bonds. The lowest BCUT2D eigenvalue weighted by molar-refractivity contribution is 0.0692. The molecule has 0 heterocycles. The van der Waals surface area contributed by atoms with E-state index in [1.807, 2.05) is 0 Å². The Balaban J connectivity index is 2.64. The van der Waals surface area contributed by atoms with Crippen LogP contribution in [0.25, 0.3) is 11.1 Å². The molecule has 2 rings (SSSR count). The highest BCUT2D eigenvalue weighted by Crippen LogP contribution is 2.28. The molecule has 0 saturated carbocycles. The van der Waals surface area contributed by atoms with Gasteiger partial charge in [-0.3, -0.25) is 0 Å². The minimum absolute atomic E-state index is 0.00343. The van der Waals surface area contributed by atoms with Gasteiger partial charge >= 0.3 is 5.97 Å². The molecule has 2 aromatic carbocycles. The van der Waals surface area contributed by atoms with Crippen molar-refractivity contribution in [1.29, 1.82) is 0 Å². The topological polar surface area (TPSA) is 37.3 Å². The second-order valence-electron chi connectivity index (χ2n) is 3.63. The molecule has 0 fully saturated rings. The number of carbonyl (C=O) groups is 1. The average Bonchev–Trinajstić information content (AvgIpc) is 2.27. The van der Waals surface area contributed by atoms with E-state index >= 15 is 0 Å². The Morgan fingerprint density at radius 2 is 1.89 bits per heavy atom. The summed E-state index contributed by atoms with van der Waals surface area (Å²) in [6.07, 6.45) is 0. The Bertz CT molecular complexity index is 606. The molecular formula is C13H7ClF2O2. The minimum Gasteiger partial charge on any atom is -0.478 e. The summed E-state index contributed by atoms with van der Waals surface area (Å²) in [6, 6.07) is 7.45. The maximum atomic E-state index is 13.9. The molecule has 0 saturated heterocycles. The predicted molar refractivity (Wildman–Crippen MR) is 63.8 cm³/mol. The van der Waals surface area contributed by atoms with Crippen LogP contribution in [-0.2, 0) is 0 Å². The molecule has 18 heavy (non-hydrogen) atoms. The molecule has 0 aromatic heterocycles. The first-order valence-corrected chi connectivity index (χ1v) is 5.35. The zero-order chi connectivity index (χ0) is 13.3. The van der Waals surface area contributed by atoms with E-state index in [2.05, 4.69) is 0 Å². The standard InChI is InChI=1S/C13H7ClF2O2/c14-8-4-7(5-9(15)6-8)10-2-1-3-11(12(10)16)13(17)18/h1-6H,(H,17,18). The second kappa shape index (κ2) is 4.74. The summed E-state index contributed by atoms with van der Waals surface area (Å²) in [5.74, 6) is -2.90. The maximum Gasteiger partial charge on any atom is 0.338 e. The lowest BCUT2D eigenvalue weighted by Gasteiger charge is -2.06. The third-order valence-corrected chi connectivity index (χ3v) is 2.62. The Morgan fingerprint density at radius 1 is 1.17 bits per heavy atom. The average molecular weight is 269 g/mol. The van der Waals surface area contributed by atoms with E-state index in [0.29, 0.717) is 0 Å². The Labute approximate surface area is 106 Å². The van der Waals surface area contributed by atoms with E-state index in [1.165, 1.54) is 18.2 Å². The molecule has 0 spiro atoms. The molecule has 92 valence electrons. The number of hydrogen-bond donors (Lipinski definition) is 1. The Hall–Kier alpha value is -1.94. The Kier molecular flexibility index (Phi) is 3.30. The minimum atomic E-state index is -1.38. The van der Waals surface area contributed by atoms with Gasteiger partial charge in [0.15, 0.2) is 0 Å². The molecule has 0 aliphatic rings. The summed E-state index contributed by atoms with van der Waals surface area (Å²) < 4.78 is 27.1. The van der Waals surface area contributed by atoms with Gasteiger partial charge in [0.2, 0.25) is 0 Å². The van der Waals surface area contributed by atoms with Crippen LogP contribution < -0.4 is 0 Å². The number of aromatic carboxylic acids is 1. The van der Waals surface area contributed by atoms with E-state index in [1.54, 1.807) is 0 Å². The number of carboxylic acid groups (broad SMARTS) is 1. The van der Waals surface area contributed by atoms with Gasteiger partial charge < -0.3 is 5.11 Å². The highest BCUT2D eigenvalue weighted by molar-refractivity contribution is 6.30. The van der Waals surface area contributed by atoms with Gasteiger partial charge in [-0.1, -0.05) is 23.7 Å². The van der Waals surface area contributed by atoms with E-state index in [-0.39, 0.29) is 16.1 Å². The number of halogens is 3. The van der Waals surface area contributed by atoms with Crippen LogP contribution in [0.4, 0.5) is 8.78 Å². The molecule has 5 heteroatoms. The van der Waals surface area contributed by atoms with Crippen LogP contribution in [0.5, 0.6) is 0 Å². The molecule has 1 N–H and O–H groups in total. The van der Waals surface area contributed by atoms with Crippen molar-refractivity contribution in [3.05, 3.63) is 58.6 Å². The van der Waals surface area contributed by atoms with Crippen molar-refractivity contribution in [2.75, 3.05) is 0 Å². The highest BCUT2D eigenvalue weighted by Gasteiger charge is 2.15. The molecule has 2 aromatic rings. The van der Waals surface area contributed by atoms with Crippen LogP contribution in [0.2, 0.25) is 5.02 Å². The lowest BCUT2D eigenvalue weighted by Crippen LogP contribution is -2.01. The third kappa shape index (κ3) is 2.33. The van der Waals surface area contributed by atoms with Crippen LogP contribution in [0.3, 0.4) is 0 Å². The molecule has 0 aliphatic carbocycles. The van der Waals surface area contributed by atoms with Crippen molar-refractivity contribution in [2.45, 2.75) is 0 Å². The SMILES string of the molecule is O=C(O)c1cccc(-c2cc(F)cc(Cl)c2)c1F. The predicted octanol–water partition coefficient (Wildman–Crippen LogP) is 3.98. The number of rotatable bonds is 2. The van der Waals surface area contributed by atoms with Crippen molar-refractivity contribution in [2.24, 2.45) is 0 Å². The van der Waals surface area contributed by atoms with Crippen molar-refractivity contribution in [3.8, 4) is 11.1 Å². The second-order valence-corrected chi connectivity index (χ2v) is 4.07. The van der Waals surface area contributed by atoms with Crippen molar-refractivity contribution in [1.82, 2.24) is 0 Å². The molecule has 0 atom stereocenters. The molecule has 0 unspecified atom stereocenters. The summed E-state index contributed by atoms with van der Waals surface area (Å²) in [6.45, 7) is 0. The van der Waals surface area contributed by atoms with Gasteiger partial charge in [0, 0.05) is 10.6 Å². The van der Waals surface area contributed by atoms with Gasteiger partial charge in [-0.25, -0.2) is 13.6 Å². The first-order chi connectivity index (χ1) is 8.49. The van der Waals surface area contributed by atoms with E-state index in [4.69, 9.17) is 16.7 Å². The van der Waals surface area contributed by atoms with E-state index in [0.717, 1.165) is 18.2 Å². The smallest absolute Gasteiger partial charge is 0.338 e. The van der Waals surface area contributed by atoms with Gasteiger partial charge in [-0.2, -0.15) is 0 Å². The number of benzene rings is 2. The third-order valence-electron chi connectivity index (χ3n) is 2.40. The molecule has 2 nitrogen and oxygen atoms in total. The van der Waals surface area contributed by atoms with Crippen molar-refractivity contribution >= 4 is 17.6 Å². The molecular weight excluding hydrogens is 262 g/mol. The quantitative estimate of drug-likeness (QED) is 0.894. The monoisotopic (exact) mass is 268 g/mol. The zero-order valence-corrected chi connectivity index (χ0v) is 9.71. The van der Waals surface area contributed by atoms with Crippen LogP contribution in [-0.4, -0.2) is 11.1 Å². The number of hydrogen-bond acceptors (Lipinski definition) is 1. The lowest BCUT2D eigenvalue weighted by atomic mass is 10.0. The first-order valence-electron chi connectivity index (χ1n) is 4.97. The Morgan fingerprint density at radius 3 is 2.50 bits per heavy atom. The van der Waals surface area contributed by atoms with Crippen LogP contribution in [0.15, 0.2) is 36.4 Å². The zero-order valence-electron chi connectivity index (χ0n) is 8.95. The molecule has 0 radical (unpaired) electrons. The summed E-state index contributed by atoms with van der Waals surface area (Å²) in [7, 11) is 0.